The van der Waals surface area contributed by atoms with E-state index in [0.29, 0.717) is 16.6 Å². The molecule has 4 nitrogen and oxygen atoms in total. The number of rotatable bonds is 8. The Morgan fingerprint density at radius 3 is 2.61 bits per heavy atom. The first-order valence-electron chi connectivity index (χ1n) is 9.38. The zero-order valence-electron chi connectivity index (χ0n) is 15.5. The van der Waals surface area contributed by atoms with Gasteiger partial charge in [0, 0.05) is 58.2 Å². The number of halogens is 2. The second-order valence-electron chi connectivity index (χ2n) is 6.83. The summed E-state index contributed by atoms with van der Waals surface area (Å²) < 4.78 is 4.33. The van der Waals surface area contributed by atoms with Gasteiger partial charge in [0.25, 0.3) is 0 Å². The Balaban J connectivity index is 1.47. The molecule has 0 aliphatic rings. The van der Waals surface area contributed by atoms with Crippen molar-refractivity contribution >= 4 is 34.1 Å². The predicted octanol–water partition coefficient (Wildman–Crippen LogP) is 5.37. The summed E-state index contributed by atoms with van der Waals surface area (Å²) in [6.07, 6.45) is 8.92. The third-order valence-electron chi connectivity index (χ3n) is 4.91. The largest absolute Gasteiger partial charge is 0.343 e. The van der Waals surface area contributed by atoms with Crippen molar-refractivity contribution in [2.24, 2.45) is 0 Å². The molecule has 2 aromatic carbocycles. The summed E-state index contributed by atoms with van der Waals surface area (Å²) in [5.74, 6) is 0. The number of para-hydroxylation sites is 1. The van der Waals surface area contributed by atoms with E-state index in [1.807, 2.05) is 36.9 Å². The van der Waals surface area contributed by atoms with Crippen molar-refractivity contribution in [3.8, 4) is 0 Å². The molecule has 0 spiro atoms. The van der Waals surface area contributed by atoms with Crippen LogP contribution in [0.25, 0.3) is 10.9 Å². The average Bonchev–Trinajstić information content (AvgIpc) is 3.33. The maximum absolute atomic E-state index is 6.38. The van der Waals surface area contributed by atoms with Gasteiger partial charge >= 0.3 is 0 Å². The number of nitrogens with zero attached hydrogens (tertiary/aromatic N) is 3. The van der Waals surface area contributed by atoms with E-state index in [0.717, 1.165) is 31.6 Å². The van der Waals surface area contributed by atoms with Gasteiger partial charge in [-0.2, -0.15) is 0 Å². The van der Waals surface area contributed by atoms with Crippen LogP contribution in [0.5, 0.6) is 0 Å². The van der Waals surface area contributed by atoms with E-state index in [4.69, 9.17) is 23.2 Å². The molecule has 0 saturated carbocycles. The quantitative estimate of drug-likeness (QED) is 0.394. The molecule has 0 aliphatic heterocycles. The lowest BCUT2D eigenvalue weighted by Gasteiger charge is -2.09. The fraction of sp³-hybridized carbons (Fsp3) is 0.227. The molecular formula is C22H22Cl2N4. The van der Waals surface area contributed by atoms with Crippen LogP contribution in [0.15, 0.2) is 67.4 Å². The van der Waals surface area contributed by atoms with E-state index < -0.39 is 0 Å². The monoisotopic (exact) mass is 412 g/mol. The fourth-order valence-electron chi connectivity index (χ4n) is 3.48. The van der Waals surface area contributed by atoms with Crippen LogP contribution in [0.3, 0.4) is 0 Å². The van der Waals surface area contributed by atoms with E-state index in [9.17, 15) is 0 Å². The summed E-state index contributed by atoms with van der Waals surface area (Å²) in [4.78, 5) is 4.07. The van der Waals surface area contributed by atoms with Gasteiger partial charge in [-0.05, 0) is 36.7 Å². The summed E-state index contributed by atoms with van der Waals surface area (Å²) in [6.45, 7) is 3.40. The highest BCUT2D eigenvalue weighted by molar-refractivity contribution is 6.36. The number of hydrogen-bond acceptors (Lipinski definition) is 2. The SMILES string of the molecule is Clc1cccc(Cl)c1Cn1cc(CNCCCn2ccnc2)c2ccccc21. The number of fused-ring (bicyclic) bond motifs is 1. The molecule has 28 heavy (non-hydrogen) atoms. The average molecular weight is 413 g/mol. The number of aromatic nitrogens is 3. The van der Waals surface area contributed by atoms with Crippen molar-refractivity contribution in [2.75, 3.05) is 6.54 Å². The van der Waals surface area contributed by atoms with Crippen LogP contribution in [0, 0.1) is 0 Å². The normalized spacial score (nSPS) is 11.4. The molecule has 0 fully saturated rings. The van der Waals surface area contributed by atoms with E-state index in [1.165, 1.54) is 16.5 Å². The topological polar surface area (TPSA) is 34.8 Å². The van der Waals surface area contributed by atoms with Crippen molar-refractivity contribution in [2.45, 2.75) is 26.1 Å². The molecule has 0 radical (unpaired) electrons. The predicted molar refractivity (Wildman–Crippen MR) is 116 cm³/mol. The van der Waals surface area contributed by atoms with Crippen molar-refractivity contribution in [1.82, 2.24) is 19.4 Å². The van der Waals surface area contributed by atoms with Gasteiger partial charge in [0.2, 0.25) is 0 Å². The van der Waals surface area contributed by atoms with E-state index in [1.54, 1.807) is 0 Å². The van der Waals surface area contributed by atoms with Crippen LogP contribution in [-0.2, 0) is 19.6 Å². The lowest BCUT2D eigenvalue weighted by Crippen LogP contribution is -2.16. The summed E-state index contributed by atoms with van der Waals surface area (Å²) in [5.41, 5.74) is 3.42. The fourth-order valence-corrected chi connectivity index (χ4v) is 3.99. The first-order chi connectivity index (χ1) is 13.7. The second kappa shape index (κ2) is 8.82. The van der Waals surface area contributed by atoms with Gasteiger partial charge in [-0.25, -0.2) is 4.98 Å². The summed E-state index contributed by atoms with van der Waals surface area (Å²) >= 11 is 12.8. The Morgan fingerprint density at radius 2 is 1.82 bits per heavy atom. The molecule has 0 amide bonds. The molecular weight excluding hydrogens is 391 g/mol. The van der Waals surface area contributed by atoms with Gasteiger partial charge in [0.05, 0.1) is 12.9 Å². The Bertz CT molecular complexity index is 1030. The molecule has 1 N–H and O–H groups in total. The maximum atomic E-state index is 6.38. The number of aryl methyl sites for hydroxylation is 1. The number of benzene rings is 2. The molecule has 0 saturated heterocycles. The van der Waals surface area contributed by atoms with E-state index in [-0.39, 0.29) is 0 Å². The second-order valence-corrected chi connectivity index (χ2v) is 7.64. The van der Waals surface area contributed by atoms with Gasteiger partial charge in [0.1, 0.15) is 0 Å². The Labute approximate surface area is 174 Å². The summed E-state index contributed by atoms with van der Waals surface area (Å²) in [5, 5.41) is 6.21. The Morgan fingerprint density at radius 1 is 1.00 bits per heavy atom. The molecule has 4 rings (SSSR count). The molecule has 4 aromatic rings. The first kappa shape index (κ1) is 19.1. The van der Waals surface area contributed by atoms with Gasteiger partial charge in [0.15, 0.2) is 0 Å². The molecule has 2 aromatic heterocycles. The van der Waals surface area contributed by atoms with Crippen LogP contribution in [0.4, 0.5) is 0 Å². The smallest absolute Gasteiger partial charge is 0.0945 e. The number of nitrogens with one attached hydrogen (secondary N) is 1. The molecule has 0 unspecified atom stereocenters. The standard InChI is InChI=1S/C22H22Cl2N4/c23-20-6-3-7-21(24)19(20)15-28-14-17(18-5-1-2-8-22(18)28)13-25-9-4-11-27-12-10-26-16-27/h1-3,5-8,10,12,14,16,25H,4,9,11,13,15H2. The van der Waals surface area contributed by atoms with Gasteiger partial charge < -0.3 is 14.5 Å². The zero-order valence-corrected chi connectivity index (χ0v) is 17.0. The van der Waals surface area contributed by atoms with E-state index in [2.05, 4.69) is 49.9 Å². The van der Waals surface area contributed by atoms with Crippen LogP contribution in [-0.4, -0.2) is 20.7 Å². The van der Waals surface area contributed by atoms with Crippen LogP contribution in [0.2, 0.25) is 10.0 Å². The Kier molecular flexibility index (Phi) is 6.01. The molecule has 0 bridgehead atoms. The van der Waals surface area contributed by atoms with Crippen LogP contribution >= 0.6 is 23.2 Å². The number of imidazole rings is 1. The van der Waals surface area contributed by atoms with Gasteiger partial charge in [-0.1, -0.05) is 47.5 Å². The molecule has 2 heterocycles. The van der Waals surface area contributed by atoms with Crippen molar-refractivity contribution in [3.05, 3.63) is 88.6 Å². The van der Waals surface area contributed by atoms with E-state index >= 15 is 0 Å². The lowest BCUT2D eigenvalue weighted by molar-refractivity contribution is 0.581. The van der Waals surface area contributed by atoms with Crippen molar-refractivity contribution in [1.29, 1.82) is 0 Å². The minimum Gasteiger partial charge on any atom is -0.343 e. The summed E-state index contributed by atoms with van der Waals surface area (Å²) in [6, 6.07) is 14.1. The van der Waals surface area contributed by atoms with Crippen molar-refractivity contribution < 1.29 is 0 Å². The highest BCUT2D eigenvalue weighted by Crippen LogP contribution is 2.28. The first-order valence-corrected chi connectivity index (χ1v) is 10.1. The lowest BCUT2D eigenvalue weighted by atomic mass is 10.2. The highest BCUT2D eigenvalue weighted by Gasteiger charge is 2.11. The third kappa shape index (κ3) is 4.25. The molecule has 144 valence electrons. The third-order valence-corrected chi connectivity index (χ3v) is 5.61. The highest BCUT2D eigenvalue weighted by atomic mass is 35.5. The molecule has 6 heteroatoms. The number of hydrogen-bond donors (Lipinski definition) is 1. The van der Waals surface area contributed by atoms with Crippen LogP contribution in [0.1, 0.15) is 17.5 Å². The summed E-state index contributed by atoms with van der Waals surface area (Å²) in [7, 11) is 0. The minimum atomic E-state index is 0.652. The van der Waals surface area contributed by atoms with Crippen LogP contribution < -0.4 is 5.32 Å². The van der Waals surface area contributed by atoms with Crippen molar-refractivity contribution in [3.63, 3.8) is 0 Å². The molecule has 0 aliphatic carbocycles. The van der Waals surface area contributed by atoms with Gasteiger partial charge in [-0.15, -0.1) is 0 Å². The van der Waals surface area contributed by atoms with Gasteiger partial charge in [-0.3, -0.25) is 0 Å². The Hall–Kier alpha value is -2.27. The zero-order chi connectivity index (χ0) is 19.3. The minimum absolute atomic E-state index is 0.652. The maximum Gasteiger partial charge on any atom is 0.0945 e. The molecule has 0 atom stereocenters.